The Hall–Kier alpha value is -1.49. The fraction of sp³-hybridized carbons (Fsp3) is 0.200. The van der Waals surface area contributed by atoms with E-state index in [1.54, 1.807) is 19.1 Å². The van der Waals surface area contributed by atoms with Crippen LogP contribution in [0, 0.1) is 12.7 Å². The van der Waals surface area contributed by atoms with Crippen LogP contribution in [-0.4, -0.2) is 17.4 Å². The Labute approximate surface area is 92.5 Å². The average Bonchev–Trinajstić information content (AvgIpc) is 2.18. The molecule has 0 heterocycles. The molecule has 15 heavy (non-hydrogen) atoms. The summed E-state index contributed by atoms with van der Waals surface area (Å²) in [6.45, 7) is 1.67. The third-order valence-electron chi connectivity index (χ3n) is 1.86. The Bertz CT molecular complexity index is 406. The maximum atomic E-state index is 13.5. The monoisotopic (exact) mass is 226 g/mol. The van der Waals surface area contributed by atoms with Crippen LogP contribution in [0.2, 0.25) is 0 Å². The number of thiocarbonyl (C=S) groups is 1. The van der Waals surface area contributed by atoms with Gasteiger partial charge in [0.1, 0.15) is 5.82 Å². The van der Waals surface area contributed by atoms with Crippen molar-refractivity contribution in [2.75, 3.05) is 6.54 Å². The molecule has 3 nitrogen and oxygen atoms in total. The lowest BCUT2D eigenvalue weighted by Gasteiger charge is -2.06. The smallest absolute Gasteiger partial charge is 0.254 e. The van der Waals surface area contributed by atoms with Crippen LogP contribution in [0.4, 0.5) is 4.39 Å². The van der Waals surface area contributed by atoms with E-state index in [0.717, 1.165) is 0 Å². The third-order valence-corrected chi connectivity index (χ3v) is 2.00. The maximum Gasteiger partial charge on any atom is 0.254 e. The molecule has 0 saturated carbocycles. The van der Waals surface area contributed by atoms with Crippen molar-refractivity contribution in [3.8, 4) is 0 Å². The molecule has 1 rings (SSSR count). The zero-order valence-electron chi connectivity index (χ0n) is 8.21. The van der Waals surface area contributed by atoms with Crippen LogP contribution in [0.3, 0.4) is 0 Å². The normalized spacial score (nSPS) is 9.73. The first kappa shape index (κ1) is 11.6. The van der Waals surface area contributed by atoms with Crippen molar-refractivity contribution in [2.45, 2.75) is 6.92 Å². The minimum Gasteiger partial charge on any atom is -0.392 e. The first-order valence-corrected chi connectivity index (χ1v) is 4.75. The van der Waals surface area contributed by atoms with E-state index in [9.17, 15) is 9.18 Å². The van der Waals surface area contributed by atoms with Gasteiger partial charge in [-0.2, -0.15) is 0 Å². The van der Waals surface area contributed by atoms with Crippen molar-refractivity contribution in [2.24, 2.45) is 5.73 Å². The van der Waals surface area contributed by atoms with E-state index in [1.165, 1.54) is 6.07 Å². The van der Waals surface area contributed by atoms with Gasteiger partial charge in [0, 0.05) is 0 Å². The average molecular weight is 226 g/mol. The summed E-state index contributed by atoms with van der Waals surface area (Å²) in [6.07, 6.45) is 0. The molecule has 0 unspecified atom stereocenters. The molecule has 1 aromatic rings. The Morgan fingerprint density at radius 2 is 2.27 bits per heavy atom. The largest absolute Gasteiger partial charge is 0.392 e. The predicted molar refractivity (Wildman–Crippen MR) is 60.3 cm³/mol. The molecule has 80 valence electrons. The van der Waals surface area contributed by atoms with Gasteiger partial charge >= 0.3 is 0 Å². The number of halogens is 1. The molecule has 0 aliphatic rings. The van der Waals surface area contributed by atoms with Crippen molar-refractivity contribution in [3.63, 3.8) is 0 Å². The highest BCUT2D eigenvalue weighted by molar-refractivity contribution is 7.80. The molecule has 0 radical (unpaired) electrons. The number of amides is 1. The van der Waals surface area contributed by atoms with Crippen LogP contribution in [0.25, 0.3) is 0 Å². The van der Waals surface area contributed by atoms with Gasteiger partial charge in [-0.1, -0.05) is 24.4 Å². The number of nitrogens with one attached hydrogen (secondary N) is 1. The molecular formula is C10H11FN2OS. The second kappa shape index (κ2) is 4.84. The van der Waals surface area contributed by atoms with Crippen molar-refractivity contribution in [1.82, 2.24) is 5.32 Å². The molecule has 0 atom stereocenters. The fourth-order valence-corrected chi connectivity index (χ4v) is 1.16. The van der Waals surface area contributed by atoms with Crippen LogP contribution in [0.15, 0.2) is 18.2 Å². The van der Waals surface area contributed by atoms with Crippen LogP contribution in [-0.2, 0) is 0 Å². The van der Waals surface area contributed by atoms with Gasteiger partial charge in [-0.15, -0.1) is 0 Å². The second-order valence-corrected chi connectivity index (χ2v) is 3.61. The number of hydrogen-bond acceptors (Lipinski definition) is 2. The molecule has 0 aliphatic heterocycles. The van der Waals surface area contributed by atoms with Gasteiger partial charge in [0.15, 0.2) is 0 Å². The summed E-state index contributed by atoms with van der Waals surface area (Å²) in [7, 11) is 0. The summed E-state index contributed by atoms with van der Waals surface area (Å²) in [4.78, 5) is 11.6. The molecule has 0 aromatic heterocycles. The van der Waals surface area contributed by atoms with Crippen molar-refractivity contribution >= 4 is 23.1 Å². The van der Waals surface area contributed by atoms with E-state index in [1.807, 2.05) is 0 Å². The maximum absolute atomic E-state index is 13.5. The molecule has 0 fully saturated rings. The summed E-state index contributed by atoms with van der Waals surface area (Å²) in [5.74, 6) is -1.03. The fourth-order valence-electron chi connectivity index (χ4n) is 1.09. The summed E-state index contributed by atoms with van der Waals surface area (Å²) < 4.78 is 13.5. The Morgan fingerprint density at radius 1 is 1.60 bits per heavy atom. The summed E-state index contributed by atoms with van der Waals surface area (Å²) in [5.41, 5.74) is 5.64. The molecular weight excluding hydrogens is 215 g/mol. The van der Waals surface area contributed by atoms with Crippen LogP contribution < -0.4 is 11.1 Å². The van der Waals surface area contributed by atoms with Crippen molar-refractivity contribution < 1.29 is 9.18 Å². The predicted octanol–water partition coefficient (Wildman–Crippen LogP) is 1.15. The minimum absolute atomic E-state index is 0.00579. The van der Waals surface area contributed by atoms with E-state index in [2.05, 4.69) is 17.5 Å². The van der Waals surface area contributed by atoms with Crippen LogP contribution >= 0.6 is 12.2 Å². The lowest BCUT2D eigenvalue weighted by molar-refractivity contribution is 0.0955. The number of carbonyl (C=O) groups is 1. The Balaban J connectivity index is 2.82. The highest BCUT2D eigenvalue weighted by Gasteiger charge is 2.12. The standard InChI is InChI=1S/C10H11FN2OS/c1-6-3-2-4-7(9(6)11)10(14)13-5-8(12)15/h2-4H,5H2,1H3,(H2,12,15)(H,13,14). The van der Waals surface area contributed by atoms with Gasteiger partial charge in [-0.05, 0) is 18.6 Å². The third kappa shape index (κ3) is 2.99. The molecule has 1 amide bonds. The molecule has 3 N–H and O–H groups in total. The Morgan fingerprint density at radius 3 is 2.87 bits per heavy atom. The van der Waals surface area contributed by atoms with Crippen LogP contribution in [0.1, 0.15) is 15.9 Å². The number of carbonyl (C=O) groups excluding carboxylic acids is 1. The van der Waals surface area contributed by atoms with E-state index in [0.29, 0.717) is 5.56 Å². The number of benzene rings is 1. The molecule has 0 saturated heterocycles. The summed E-state index contributed by atoms with van der Waals surface area (Å²) in [5, 5.41) is 2.42. The van der Waals surface area contributed by atoms with Gasteiger partial charge in [-0.25, -0.2) is 4.39 Å². The molecule has 1 aromatic carbocycles. The first-order chi connectivity index (χ1) is 7.02. The van der Waals surface area contributed by atoms with Crippen molar-refractivity contribution in [1.29, 1.82) is 0 Å². The molecule has 5 heteroatoms. The SMILES string of the molecule is Cc1cccc(C(=O)NCC(N)=S)c1F. The minimum atomic E-state index is -0.516. The van der Waals surface area contributed by atoms with E-state index >= 15 is 0 Å². The van der Waals surface area contributed by atoms with Crippen molar-refractivity contribution in [3.05, 3.63) is 35.1 Å². The van der Waals surface area contributed by atoms with Gasteiger partial charge in [0.25, 0.3) is 5.91 Å². The number of rotatable bonds is 3. The molecule has 0 bridgehead atoms. The highest BCUT2D eigenvalue weighted by atomic mass is 32.1. The van der Waals surface area contributed by atoms with E-state index in [4.69, 9.17) is 5.73 Å². The number of hydrogen-bond donors (Lipinski definition) is 2. The lowest BCUT2D eigenvalue weighted by atomic mass is 10.1. The summed E-state index contributed by atoms with van der Waals surface area (Å²) in [6, 6.07) is 4.63. The van der Waals surface area contributed by atoms with Gasteiger partial charge in [0.2, 0.25) is 0 Å². The first-order valence-electron chi connectivity index (χ1n) is 4.34. The zero-order valence-corrected chi connectivity index (χ0v) is 9.03. The number of nitrogens with two attached hydrogens (primary N) is 1. The Kier molecular flexibility index (Phi) is 3.74. The van der Waals surface area contributed by atoms with Gasteiger partial charge in [-0.3, -0.25) is 4.79 Å². The van der Waals surface area contributed by atoms with Gasteiger partial charge in [0.05, 0.1) is 17.1 Å². The van der Waals surface area contributed by atoms with E-state index in [-0.39, 0.29) is 17.1 Å². The summed E-state index contributed by atoms with van der Waals surface area (Å²) >= 11 is 4.59. The topological polar surface area (TPSA) is 55.1 Å². The molecule has 0 spiro atoms. The number of aryl methyl sites for hydroxylation is 1. The second-order valence-electron chi connectivity index (χ2n) is 3.09. The zero-order chi connectivity index (χ0) is 11.4. The van der Waals surface area contributed by atoms with Crippen LogP contribution in [0.5, 0.6) is 0 Å². The molecule has 0 aliphatic carbocycles. The highest BCUT2D eigenvalue weighted by Crippen LogP contribution is 2.11. The van der Waals surface area contributed by atoms with Gasteiger partial charge < -0.3 is 11.1 Å². The van der Waals surface area contributed by atoms with E-state index < -0.39 is 11.7 Å². The quantitative estimate of drug-likeness (QED) is 0.760. The lowest BCUT2D eigenvalue weighted by Crippen LogP contribution is -2.32.